The van der Waals surface area contributed by atoms with Gasteiger partial charge < -0.3 is 10.1 Å². The first-order chi connectivity index (χ1) is 12.2. The van der Waals surface area contributed by atoms with Gasteiger partial charge in [-0.25, -0.2) is 0 Å². The van der Waals surface area contributed by atoms with Gasteiger partial charge in [0.1, 0.15) is 0 Å². The molecule has 1 aliphatic rings. The summed E-state index contributed by atoms with van der Waals surface area (Å²) in [6.07, 6.45) is 3.20. The zero-order valence-corrected chi connectivity index (χ0v) is 14.4. The minimum absolute atomic E-state index is 0.0403. The Hall–Kier alpha value is -2.47. The van der Waals surface area contributed by atoms with Crippen LogP contribution in [0.15, 0.2) is 36.5 Å². The van der Waals surface area contributed by atoms with Gasteiger partial charge in [0.2, 0.25) is 5.91 Å². The van der Waals surface area contributed by atoms with Crippen LogP contribution in [0.5, 0.6) is 0 Å². The van der Waals surface area contributed by atoms with Gasteiger partial charge in [-0.05, 0) is 45.0 Å². The Morgan fingerprint density at radius 2 is 2.00 bits per heavy atom. The lowest BCUT2D eigenvalue weighted by Crippen LogP contribution is -2.41. The average molecular weight is 341 g/mol. The predicted octanol–water partition coefficient (Wildman–Crippen LogP) is 2.45. The number of hydrogen-bond donors (Lipinski definition) is 1. The lowest BCUT2D eigenvalue weighted by atomic mass is 9.97. The van der Waals surface area contributed by atoms with Gasteiger partial charge >= 0.3 is 5.97 Å². The molecule has 1 saturated heterocycles. The standard InChI is InChI=1S/C19H23N3O3/c1-2-25-19(24)15-8-11-22(12-9-15)13-17(23)21-16-7-3-5-14-6-4-10-20-18(14)16/h3-7,10,15H,2,8-9,11-13H2,1H3,(H,21,23). The van der Waals surface area contributed by atoms with E-state index in [0.29, 0.717) is 13.2 Å². The number of carbonyl (C=O) groups excluding carboxylic acids is 2. The van der Waals surface area contributed by atoms with E-state index in [1.54, 1.807) is 6.20 Å². The summed E-state index contributed by atoms with van der Waals surface area (Å²) in [5.41, 5.74) is 1.52. The quantitative estimate of drug-likeness (QED) is 0.846. The van der Waals surface area contributed by atoms with Crippen molar-refractivity contribution in [3.8, 4) is 0 Å². The summed E-state index contributed by atoms with van der Waals surface area (Å²) >= 11 is 0. The fourth-order valence-electron chi connectivity index (χ4n) is 3.18. The minimum atomic E-state index is -0.117. The van der Waals surface area contributed by atoms with Crippen molar-refractivity contribution in [3.63, 3.8) is 0 Å². The molecule has 0 aliphatic carbocycles. The fourth-order valence-corrected chi connectivity index (χ4v) is 3.18. The second-order valence-electron chi connectivity index (χ2n) is 6.23. The highest BCUT2D eigenvalue weighted by Crippen LogP contribution is 2.21. The molecule has 0 unspecified atom stereocenters. The van der Waals surface area contributed by atoms with E-state index >= 15 is 0 Å². The Kier molecular flexibility index (Phi) is 5.60. The molecule has 3 rings (SSSR count). The van der Waals surface area contributed by atoms with E-state index < -0.39 is 0 Å². The molecule has 2 aromatic rings. The number of pyridine rings is 1. The molecular weight excluding hydrogens is 318 g/mol. The number of amides is 1. The molecular formula is C19H23N3O3. The fraction of sp³-hybridized carbons (Fsp3) is 0.421. The molecule has 0 radical (unpaired) electrons. The number of anilines is 1. The highest BCUT2D eigenvalue weighted by Gasteiger charge is 2.26. The summed E-state index contributed by atoms with van der Waals surface area (Å²) < 4.78 is 5.07. The van der Waals surface area contributed by atoms with Crippen LogP contribution in [0.2, 0.25) is 0 Å². The minimum Gasteiger partial charge on any atom is -0.466 e. The molecule has 0 atom stereocenters. The number of piperidine rings is 1. The number of aromatic nitrogens is 1. The van der Waals surface area contributed by atoms with E-state index in [0.717, 1.165) is 42.5 Å². The number of hydrogen-bond acceptors (Lipinski definition) is 5. The number of nitrogens with one attached hydrogen (secondary N) is 1. The molecule has 0 bridgehead atoms. The van der Waals surface area contributed by atoms with Crippen LogP contribution in [0.25, 0.3) is 10.9 Å². The molecule has 2 heterocycles. The smallest absolute Gasteiger partial charge is 0.309 e. The summed E-state index contributed by atoms with van der Waals surface area (Å²) in [6, 6.07) is 9.59. The van der Waals surface area contributed by atoms with Crippen LogP contribution in [-0.2, 0) is 14.3 Å². The van der Waals surface area contributed by atoms with Gasteiger partial charge in [-0.15, -0.1) is 0 Å². The number of ether oxygens (including phenoxy) is 1. The summed E-state index contributed by atoms with van der Waals surface area (Å²) in [4.78, 5) is 30.6. The van der Waals surface area contributed by atoms with E-state index in [2.05, 4.69) is 15.2 Å². The molecule has 25 heavy (non-hydrogen) atoms. The van der Waals surface area contributed by atoms with Crippen molar-refractivity contribution >= 4 is 28.5 Å². The molecule has 1 amide bonds. The van der Waals surface area contributed by atoms with Crippen LogP contribution in [0, 0.1) is 5.92 Å². The van der Waals surface area contributed by atoms with Crippen LogP contribution >= 0.6 is 0 Å². The van der Waals surface area contributed by atoms with E-state index in [4.69, 9.17) is 4.74 Å². The Labute approximate surface area is 147 Å². The van der Waals surface area contributed by atoms with E-state index in [-0.39, 0.29) is 17.8 Å². The first-order valence-corrected chi connectivity index (χ1v) is 8.70. The third-order valence-electron chi connectivity index (χ3n) is 4.48. The Morgan fingerprint density at radius 1 is 1.24 bits per heavy atom. The monoisotopic (exact) mass is 341 g/mol. The topological polar surface area (TPSA) is 71.5 Å². The second kappa shape index (κ2) is 8.07. The lowest BCUT2D eigenvalue weighted by Gasteiger charge is -2.30. The molecule has 1 aromatic heterocycles. The number of benzene rings is 1. The summed E-state index contributed by atoms with van der Waals surface area (Å²) in [5, 5.41) is 3.95. The first kappa shape index (κ1) is 17.4. The average Bonchev–Trinajstić information content (AvgIpc) is 2.63. The number of nitrogens with zero attached hydrogens (tertiary/aromatic N) is 2. The van der Waals surface area contributed by atoms with Gasteiger partial charge in [-0.3, -0.25) is 19.5 Å². The van der Waals surface area contributed by atoms with Crippen LogP contribution in [-0.4, -0.2) is 48.0 Å². The molecule has 1 aromatic carbocycles. The van der Waals surface area contributed by atoms with Crippen LogP contribution in [0.3, 0.4) is 0 Å². The number of esters is 1. The summed E-state index contributed by atoms with van der Waals surface area (Å²) in [5.74, 6) is -0.220. The second-order valence-corrected chi connectivity index (χ2v) is 6.23. The zero-order chi connectivity index (χ0) is 17.6. The first-order valence-electron chi connectivity index (χ1n) is 8.70. The van der Waals surface area contributed by atoms with Gasteiger partial charge in [0, 0.05) is 11.6 Å². The normalized spacial score (nSPS) is 15.9. The number of para-hydroxylation sites is 1. The molecule has 0 spiro atoms. The highest BCUT2D eigenvalue weighted by molar-refractivity contribution is 6.00. The van der Waals surface area contributed by atoms with Gasteiger partial charge in [-0.2, -0.15) is 0 Å². The molecule has 6 heteroatoms. The van der Waals surface area contributed by atoms with Crippen LogP contribution in [0.4, 0.5) is 5.69 Å². The van der Waals surface area contributed by atoms with Crippen LogP contribution in [0.1, 0.15) is 19.8 Å². The van der Waals surface area contributed by atoms with E-state index in [9.17, 15) is 9.59 Å². The molecule has 0 saturated carbocycles. The number of carbonyl (C=O) groups is 2. The molecule has 1 aliphatic heterocycles. The summed E-state index contributed by atoms with van der Waals surface area (Å²) in [6.45, 7) is 4.01. The lowest BCUT2D eigenvalue weighted by molar-refractivity contribution is -0.149. The predicted molar refractivity (Wildman–Crippen MR) is 96.2 cm³/mol. The molecule has 1 fully saturated rings. The van der Waals surface area contributed by atoms with Gasteiger partial charge in [0.25, 0.3) is 0 Å². The summed E-state index contributed by atoms with van der Waals surface area (Å²) in [7, 11) is 0. The van der Waals surface area contributed by atoms with Crippen molar-refractivity contribution < 1.29 is 14.3 Å². The molecule has 1 N–H and O–H groups in total. The Balaban J connectivity index is 1.54. The molecule has 6 nitrogen and oxygen atoms in total. The van der Waals surface area contributed by atoms with Crippen LogP contribution < -0.4 is 5.32 Å². The van der Waals surface area contributed by atoms with Gasteiger partial charge in [0.15, 0.2) is 0 Å². The number of likely N-dealkylation sites (tertiary alicyclic amines) is 1. The van der Waals surface area contributed by atoms with Crippen molar-refractivity contribution in [2.75, 3.05) is 31.6 Å². The van der Waals surface area contributed by atoms with Crippen molar-refractivity contribution in [1.29, 1.82) is 0 Å². The maximum atomic E-state index is 12.4. The maximum absolute atomic E-state index is 12.4. The van der Waals surface area contributed by atoms with Crippen molar-refractivity contribution in [2.24, 2.45) is 5.92 Å². The SMILES string of the molecule is CCOC(=O)C1CCN(CC(=O)Nc2cccc3cccnc23)CC1. The maximum Gasteiger partial charge on any atom is 0.309 e. The van der Waals surface area contributed by atoms with E-state index in [1.165, 1.54) is 0 Å². The third kappa shape index (κ3) is 4.33. The van der Waals surface area contributed by atoms with Crippen molar-refractivity contribution in [3.05, 3.63) is 36.5 Å². The third-order valence-corrected chi connectivity index (χ3v) is 4.48. The van der Waals surface area contributed by atoms with Crippen molar-refractivity contribution in [1.82, 2.24) is 9.88 Å². The van der Waals surface area contributed by atoms with E-state index in [1.807, 2.05) is 37.3 Å². The van der Waals surface area contributed by atoms with Gasteiger partial charge in [-0.1, -0.05) is 18.2 Å². The Bertz CT molecular complexity index is 749. The Morgan fingerprint density at radius 3 is 2.76 bits per heavy atom. The highest BCUT2D eigenvalue weighted by atomic mass is 16.5. The zero-order valence-electron chi connectivity index (χ0n) is 14.4. The number of rotatable bonds is 5. The number of fused-ring (bicyclic) bond motifs is 1. The van der Waals surface area contributed by atoms with Crippen molar-refractivity contribution in [2.45, 2.75) is 19.8 Å². The van der Waals surface area contributed by atoms with Gasteiger partial charge in [0.05, 0.1) is 30.3 Å². The largest absolute Gasteiger partial charge is 0.466 e. The molecule has 132 valence electrons.